The highest BCUT2D eigenvalue weighted by molar-refractivity contribution is 7.10. The number of nitrogens with zero attached hydrogens (tertiary/aromatic N) is 2. The Morgan fingerprint density at radius 3 is 2.89 bits per heavy atom. The van der Waals surface area contributed by atoms with E-state index in [0.717, 1.165) is 16.3 Å². The number of nitriles is 1. The quantitative estimate of drug-likeness (QED) is 0.830. The number of benzene rings is 1. The second-order valence-electron chi connectivity index (χ2n) is 4.59. The third-order valence-electron chi connectivity index (χ3n) is 3.14. The van der Waals surface area contributed by atoms with Gasteiger partial charge in [0.2, 0.25) is 0 Å². The van der Waals surface area contributed by atoms with Crippen LogP contribution in [0.15, 0.2) is 29.6 Å². The van der Waals surface area contributed by atoms with Gasteiger partial charge in [-0.2, -0.15) is 5.26 Å². The minimum Gasteiger partial charge on any atom is -0.377 e. The van der Waals surface area contributed by atoms with Crippen LogP contribution in [0.1, 0.15) is 10.6 Å². The van der Waals surface area contributed by atoms with Crippen LogP contribution in [-0.2, 0) is 10.2 Å². The predicted molar refractivity (Wildman–Crippen MR) is 70.4 cm³/mol. The van der Waals surface area contributed by atoms with E-state index in [0.29, 0.717) is 13.2 Å². The maximum Gasteiger partial charge on any atom is 0.155 e. The second kappa shape index (κ2) is 4.20. The van der Waals surface area contributed by atoms with Crippen molar-refractivity contribution in [2.75, 3.05) is 13.2 Å². The van der Waals surface area contributed by atoms with E-state index < -0.39 is 5.41 Å². The second-order valence-corrected chi connectivity index (χ2v) is 5.45. The molecular formula is C14H12N2OS. The maximum atomic E-state index is 9.25. The Labute approximate surface area is 110 Å². The molecule has 0 spiro atoms. The fraction of sp³-hybridized carbons (Fsp3) is 0.286. The molecular weight excluding hydrogens is 244 g/mol. The van der Waals surface area contributed by atoms with Gasteiger partial charge in [0.05, 0.1) is 25.0 Å². The monoisotopic (exact) mass is 256 g/mol. The number of aryl methyl sites for hydroxylation is 1. The van der Waals surface area contributed by atoms with Gasteiger partial charge in [-0.15, -0.1) is 11.3 Å². The Kier molecular flexibility index (Phi) is 2.66. The van der Waals surface area contributed by atoms with Crippen LogP contribution in [0.3, 0.4) is 0 Å². The van der Waals surface area contributed by atoms with E-state index in [1.54, 1.807) is 11.3 Å². The van der Waals surface area contributed by atoms with E-state index in [4.69, 9.17) is 4.74 Å². The van der Waals surface area contributed by atoms with Crippen molar-refractivity contribution in [3.63, 3.8) is 0 Å². The standard InChI is InChI=1S/C14H12N2OS/c1-10-3-2-4-11(5-10)12-6-18-13(16-12)14(7-15)8-17-9-14/h2-6H,8-9H2,1H3. The molecule has 18 heavy (non-hydrogen) atoms. The zero-order chi connectivity index (χ0) is 12.6. The molecule has 0 saturated carbocycles. The Hall–Kier alpha value is -1.70. The summed E-state index contributed by atoms with van der Waals surface area (Å²) >= 11 is 1.54. The summed E-state index contributed by atoms with van der Waals surface area (Å²) in [4.78, 5) is 4.60. The Bertz CT molecular complexity index is 623. The lowest BCUT2D eigenvalue weighted by atomic mass is 9.89. The molecule has 3 nitrogen and oxygen atoms in total. The zero-order valence-corrected chi connectivity index (χ0v) is 10.8. The van der Waals surface area contributed by atoms with Crippen molar-refractivity contribution in [1.82, 2.24) is 4.98 Å². The summed E-state index contributed by atoms with van der Waals surface area (Å²) in [6.45, 7) is 2.99. The number of rotatable bonds is 2. The third kappa shape index (κ3) is 1.72. The van der Waals surface area contributed by atoms with Gasteiger partial charge < -0.3 is 4.74 Å². The van der Waals surface area contributed by atoms with Gasteiger partial charge in [0.1, 0.15) is 5.01 Å². The molecule has 0 N–H and O–H groups in total. The molecule has 1 saturated heterocycles. The zero-order valence-electron chi connectivity index (χ0n) is 10.0. The molecule has 1 aliphatic rings. The van der Waals surface area contributed by atoms with Crippen molar-refractivity contribution < 1.29 is 4.74 Å². The van der Waals surface area contributed by atoms with Crippen molar-refractivity contribution in [3.8, 4) is 17.3 Å². The molecule has 2 heterocycles. The molecule has 1 aromatic heterocycles. The highest BCUT2D eigenvalue weighted by atomic mass is 32.1. The molecule has 0 aliphatic carbocycles. The van der Waals surface area contributed by atoms with Crippen LogP contribution in [0.4, 0.5) is 0 Å². The van der Waals surface area contributed by atoms with Crippen LogP contribution in [0.2, 0.25) is 0 Å². The van der Waals surface area contributed by atoms with Gasteiger partial charge in [-0.1, -0.05) is 23.8 Å². The van der Waals surface area contributed by atoms with Crippen LogP contribution in [0, 0.1) is 18.3 Å². The van der Waals surface area contributed by atoms with Crippen molar-refractivity contribution in [2.24, 2.45) is 0 Å². The third-order valence-corrected chi connectivity index (χ3v) is 4.18. The van der Waals surface area contributed by atoms with Crippen molar-refractivity contribution in [2.45, 2.75) is 12.3 Å². The summed E-state index contributed by atoms with van der Waals surface area (Å²) in [5, 5.41) is 12.1. The molecule has 1 aromatic carbocycles. The number of aromatic nitrogens is 1. The predicted octanol–water partition coefficient (Wildman–Crippen LogP) is 2.91. The molecule has 0 unspecified atom stereocenters. The van der Waals surface area contributed by atoms with Gasteiger partial charge in [0, 0.05) is 10.9 Å². The van der Waals surface area contributed by atoms with Crippen LogP contribution < -0.4 is 0 Å². The number of hydrogen-bond acceptors (Lipinski definition) is 4. The van der Waals surface area contributed by atoms with Gasteiger partial charge in [0.25, 0.3) is 0 Å². The highest BCUT2D eigenvalue weighted by Crippen LogP contribution is 2.35. The molecule has 1 fully saturated rings. The van der Waals surface area contributed by atoms with Crippen LogP contribution >= 0.6 is 11.3 Å². The normalized spacial score (nSPS) is 16.9. The first kappa shape index (κ1) is 11.4. The molecule has 0 bridgehead atoms. The van der Waals surface area contributed by atoms with E-state index >= 15 is 0 Å². The van der Waals surface area contributed by atoms with Crippen molar-refractivity contribution >= 4 is 11.3 Å². The molecule has 90 valence electrons. The van der Waals surface area contributed by atoms with Crippen molar-refractivity contribution in [3.05, 3.63) is 40.2 Å². The van der Waals surface area contributed by atoms with E-state index in [2.05, 4.69) is 30.1 Å². The first-order valence-corrected chi connectivity index (χ1v) is 6.63. The molecule has 4 heteroatoms. The van der Waals surface area contributed by atoms with E-state index in [-0.39, 0.29) is 0 Å². The molecule has 0 atom stereocenters. The number of thiazole rings is 1. The van der Waals surface area contributed by atoms with Crippen LogP contribution in [0.25, 0.3) is 11.3 Å². The fourth-order valence-electron chi connectivity index (χ4n) is 1.97. The Morgan fingerprint density at radius 2 is 2.28 bits per heavy atom. The molecule has 2 aromatic rings. The van der Waals surface area contributed by atoms with Gasteiger partial charge in [-0.05, 0) is 13.0 Å². The lowest BCUT2D eigenvalue weighted by Gasteiger charge is -2.32. The average molecular weight is 256 g/mol. The minimum atomic E-state index is -0.507. The number of ether oxygens (including phenoxy) is 1. The smallest absolute Gasteiger partial charge is 0.155 e. The van der Waals surface area contributed by atoms with Gasteiger partial charge >= 0.3 is 0 Å². The summed E-state index contributed by atoms with van der Waals surface area (Å²) in [6, 6.07) is 10.6. The van der Waals surface area contributed by atoms with Gasteiger partial charge in [-0.3, -0.25) is 0 Å². The molecule has 1 aliphatic heterocycles. The van der Waals surface area contributed by atoms with Crippen molar-refractivity contribution in [1.29, 1.82) is 5.26 Å². The lowest BCUT2D eigenvalue weighted by Crippen LogP contribution is -2.45. The highest BCUT2D eigenvalue weighted by Gasteiger charge is 2.43. The van der Waals surface area contributed by atoms with Crippen LogP contribution in [-0.4, -0.2) is 18.2 Å². The SMILES string of the molecule is Cc1cccc(-c2csc(C3(C#N)COC3)n2)c1. The van der Waals surface area contributed by atoms with Gasteiger partial charge in [0.15, 0.2) is 5.41 Å². The van der Waals surface area contributed by atoms with E-state index in [9.17, 15) is 5.26 Å². The Morgan fingerprint density at radius 1 is 1.44 bits per heavy atom. The summed E-state index contributed by atoms with van der Waals surface area (Å²) in [7, 11) is 0. The number of hydrogen-bond donors (Lipinski definition) is 0. The summed E-state index contributed by atoms with van der Waals surface area (Å²) in [5.41, 5.74) is 2.75. The van der Waals surface area contributed by atoms with Crippen LogP contribution in [0.5, 0.6) is 0 Å². The minimum absolute atomic E-state index is 0.463. The summed E-state index contributed by atoms with van der Waals surface area (Å²) in [6.07, 6.45) is 0. The maximum absolute atomic E-state index is 9.25. The molecule has 0 amide bonds. The summed E-state index contributed by atoms with van der Waals surface area (Å²) < 4.78 is 5.16. The average Bonchev–Trinajstić information content (AvgIpc) is 2.78. The molecule has 3 rings (SSSR count). The topological polar surface area (TPSA) is 45.9 Å². The van der Waals surface area contributed by atoms with E-state index in [1.807, 2.05) is 17.5 Å². The Balaban J connectivity index is 1.97. The lowest BCUT2D eigenvalue weighted by molar-refractivity contribution is -0.0298. The largest absolute Gasteiger partial charge is 0.377 e. The first-order valence-electron chi connectivity index (χ1n) is 5.76. The first-order chi connectivity index (χ1) is 8.73. The fourth-order valence-corrected chi connectivity index (χ4v) is 2.92. The molecule has 0 radical (unpaired) electrons. The summed E-state index contributed by atoms with van der Waals surface area (Å²) in [5.74, 6) is 0. The van der Waals surface area contributed by atoms with Gasteiger partial charge in [-0.25, -0.2) is 4.98 Å². The van der Waals surface area contributed by atoms with E-state index in [1.165, 1.54) is 5.56 Å².